The number of piperidine rings is 1. The Balaban J connectivity index is 1.96. The Morgan fingerprint density at radius 1 is 1.26 bits per heavy atom. The standard InChI is InChI=1S/C17H26N2O3S/c1-2-3-7-12-18-17(20)15-9-8-13-19(14-15)23(21,22)16-10-5-4-6-11-16/h4-6,10-11,15H,2-3,7-9,12-14H2,1H3,(H,18,20)/t15-/m1/s1. The summed E-state index contributed by atoms with van der Waals surface area (Å²) >= 11 is 0. The zero-order valence-corrected chi connectivity index (χ0v) is 14.5. The molecule has 0 spiro atoms. The predicted octanol–water partition coefficient (Wildman–Crippen LogP) is 2.39. The van der Waals surface area contributed by atoms with Gasteiger partial charge in [0.25, 0.3) is 0 Å². The molecule has 1 N–H and O–H groups in total. The van der Waals surface area contributed by atoms with E-state index in [0.717, 1.165) is 32.1 Å². The third kappa shape index (κ3) is 4.78. The second-order valence-corrected chi connectivity index (χ2v) is 7.95. The molecule has 5 nitrogen and oxygen atoms in total. The van der Waals surface area contributed by atoms with Gasteiger partial charge in [-0.25, -0.2) is 8.42 Å². The van der Waals surface area contributed by atoms with Crippen molar-refractivity contribution in [3.05, 3.63) is 30.3 Å². The fourth-order valence-electron chi connectivity index (χ4n) is 2.85. The molecule has 0 bridgehead atoms. The molecule has 0 radical (unpaired) electrons. The molecule has 1 saturated heterocycles. The van der Waals surface area contributed by atoms with Gasteiger partial charge >= 0.3 is 0 Å². The number of unbranched alkanes of at least 4 members (excludes halogenated alkanes) is 2. The Hall–Kier alpha value is -1.40. The van der Waals surface area contributed by atoms with Gasteiger partial charge in [0.15, 0.2) is 0 Å². The SMILES string of the molecule is CCCCCNC(=O)[C@@H]1CCCN(S(=O)(=O)c2ccccc2)C1. The quantitative estimate of drug-likeness (QED) is 0.776. The van der Waals surface area contributed by atoms with E-state index in [-0.39, 0.29) is 18.4 Å². The first-order valence-electron chi connectivity index (χ1n) is 8.38. The second kappa shape index (κ2) is 8.45. The minimum Gasteiger partial charge on any atom is -0.356 e. The van der Waals surface area contributed by atoms with Crippen LogP contribution in [0.2, 0.25) is 0 Å². The Bertz CT molecular complexity index is 602. The molecular formula is C17H26N2O3S. The maximum Gasteiger partial charge on any atom is 0.243 e. The topological polar surface area (TPSA) is 66.5 Å². The zero-order chi connectivity index (χ0) is 16.7. The molecule has 0 aromatic heterocycles. The normalized spacial score (nSPS) is 19.4. The summed E-state index contributed by atoms with van der Waals surface area (Å²) in [4.78, 5) is 12.5. The number of benzene rings is 1. The van der Waals surface area contributed by atoms with Crippen molar-refractivity contribution in [1.29, 1.82) is 0 Å². The van der Waals surface area contributed by atoms with E-state index < -0.39 is 10.0 Å². The van der Waals surface area contributed by atoms with Crippen molar-refractivity contribution in [2.24, 2.45) is 5.92 Å². The first-order chi connectivity index (χ1) is 11.1. The van der Waals surface area contributed by atoms with Crippen LogP contribution in [-0.2, 0) is 14.8 Å². The van der Waals surface area contributed by atoms with Gasteiger partial charge in [0, 0.05) is 19.6 Å². The number of nitrogens with zero attached hydrogens (tertiary/aromatic N) is 1. The minimum absolute atomic E-state index is 0.0194. The van der Waals surface area contributed by atoms with E-state index >= 15 is 0 Å². The van der Waals surface area contributed by atoms with E-state index in [2.05, 4.69) is 12.2 Å². The van der Waals surface area contributed by atoms with Gasteiger partial charge < -0.3 is 5.32 Å². The summed E-state index contributed by atoms with van der Waals surface area (Å²) < 4.78 is 26.7. The molecule has 23 heavy (non-hydrogen) atoms. The number of hydrogen-bond acceptors (Lipinski definition) is 3. The van der Waals surface area contributed by atoms with E-state index in [9.17, 15) is 13.2 Å². The number of sulfonamides is 1. The summed E-state index contributed by atoms with van der Waals surface area (Å²) in [5.41, 5.74) is 0. The fourth-order valence-corrected chi connectivity index (χ4v) is 4.39. The highest BCUT2D eigenvalue weighted by molar-refractivity contribution is 7.89. The number of amides is 1. The highest BCUT2D eigenvalue weighted by Gasteiger charge is 2.32. The van der Waals surface area contributed by atoms with Crippen molar-refractivity contribution in [2.75, 3.05) is 19.6 Å². The summed E-state index contributed by atoms with van der Waals surface area (Å²) in [5.74, 6) is -0.266. The predicted molar refractivity (Wildman–Crippen MR) is 90.5 cm³/mol. The van der Waals surface area contributed by atoms with Gasteiger partial charge in [-0.15, -0.1) is 0 Å². The van der Waals surface area contributed by atoms with Crippen LogP contribution < -0.4 is 5.32 Å². The van der Waals surface area contributed by atoms with Crippen molar-refractivity contribution in [3.63, 3.8) is 0 Å². The molecule has 0 saturated carbocycles. The number of rotatable bonds is 7. The van der Waals surface area contributed by atoms with Crippen LogP contribution in [0.4, 0.5) is 0 Å². The Labute approximate surface area is 139 Å². The molecule has 1 amide bonds. The first-order valence-corrected chi connectivity index (χ1v) is 9.82. The fraction of sp³-hybridized carbons (Fsp3) is 0.588. The molecule has 1 aliphatic rings. The van der Waals surface area contributed by atoms with Gasteiger partial charge in [0.2, 0.25) is 15.9 Å². The highest BCUT2D eigenvalue weighted by atomic mass is 32.2. The minimum atomic E-state index is -3.50. The second-order valence-electron chi connectivity index (χ2n) is 6.01. The van der Waals surface area contributed by atoms with E-state index in [1.54, 1.807) is 30.3 Å². The maximum atomic E-state index is 12.6. The van der Waals surface area contributed by atoms with Crippen molar-refractivity contribution < 1.29 is 13.2 Å². The van der Waals surface area contributed by atoms with Crippen molar-refractivity contribution in [1.82, 2.24) is 9.62 Å². The average molecular weight is 338 g/mol. The zero-order valence-electron chi connectivity index (χ0n) is 13.7. The molecule has 0 aliphatic carbocycles. The van der Waals surface area contributed by atoms with Crippen LogP contribution >= 0.6 is 0 Å². The Kier molecular flexibility index (Phi) is 6.59. The number of hydrogen-bond donors (Lipinski definition) is 1. The monoisotopic (exact) mass is 338 g/mol. The molecule has 6 heteroatoms. The molecular weight excluding hydrogens is 312 g/mol. The smallest absolute Gasteiger partial charge is 0.243 e. The maximum absolute atomic E-state index is 12.6. The van der Waals surface area contributed by atoms with Crippen LogP contribution in [0.5, 0.6) is 0 Å². The number of carbonyl (C=O) groups excluding carboxylic acids is 1. The van der Waals surface area contributed by atoms with Crippen LogP contribution in [0.3, 0.4) is 0 Å². The lowest BCUT2D eigenvalue weighted by atomic mass is 9.99. The molecule has 1 atom stereocenters. The van der Waals surface area contributed by atoms with Crippen LogP contribution in [0, 0.1) is 5.92 Å². The molecule has 0 unspecified atom stereocenters. The number of nitrogens with one attached hydrogen (secondary N) is 1. The van der Waals surface area contributed by atoms with Gasteiger partial charge in [-0.05, 0) is 31.4 Å². The molecule has 1 heterocycles. The summed E-state index contributed by atoms with van der Waals surface area (Å²) in [6, 6.07) is 8.43. The van der Waals surface area contributed by atoms with Crippen LogP contribution in [0.15, 0.2) is 35.2 Å². The van der Waals surface area contributed by atoms with Gasteiger partial charge in [0.05, 0.1) is 10.8 Å². The largest absolute Gasteiger partial charge is 0.356 e. The van der Waals surface area contributed by atoms with E-state index in [1.165, 1.54) is 4.31 Å². The molecule has 128 valence electrons. The van der Waals surface area contributed by atoms with Gasteiger partial charge in [-0.3, -0.25) is 4.79 Å². The molecule has 2 rings (SSSR count). The first kappa shape index (κ1) is 17.9. The average Bonchev–Trinajstić information content (AvgIpc) is 2.59. The highest BCUT2D eigenvalue weighted by Crippen LogP contribution is 2.23. The molecule has 1 aromatic carbocycles. The summed E-state index contributed by atoms with van der Waals surface area (Å²) in [6.07, 6.45) is 4.66. The van der Waals surface area contributed by atoms with Gasteiger partial charge in [-0.2, -0.15) is 4.31 Å². The van der Waals surface area contributed by atoms with Crippen LogP contribution in [-0.4, -0.2) is 38.3 Å². The molecule has 1 aromatic rings. The van der Waals surface area contributed by atoms with E-state index in [4.69, 9.17) is 0 Å². The lowest BCUT2D eigenvalue weighted by Gasteiger charge is -2.31. The van der Waals surface area contributed by atoms with Crippen molar-refractivity contribution in [2.45, 2.75) is 43.9 Å². The summed E-state index contributed by atoms with van der Waals surface area (Å²) in [6.45, 7) is 3.55. The number of carbonyl (C=O) groups is 1. The van der Waals surface area contributed by atoms with Gasteiger partial charge in [0.1, 0.15) is 0 Å². The van der Waals surface area contributed by atoms with Crippen molar-refractivity contribution >= 4 is 15.9 Å². The van der Waals surface area contributed by atoms with Crippen LogP contribution in [0.25, 0.3) is 0 Å². The lowest BCUT2D eigenvalue weighted by Crippen LogP contribution is -2.45. The van der Waals surface area contributed by atoms with Crippen molar-refractivity contribution in [3.8, 4) is 0 Å². The Morgan fingerprint density at radius 3 is 2.70 bits per heavy atom. The summed E-state index contributed by atoms with van der Waals surface area (Å²) in [5, 5.41) is 2.94. The molecule has 1 fully saturated rings. The molecule has 1 aliphatic heterocycles. The summed E-state index contributed by atoms with van der Waals surface area (Å²) in [7, 11) is -3.50. The Morgan fingerprint density at radius 2 is 2.00 bits per heavy atom. The lowest BCUT2D eigenvalue weighted by molar-refractivity contribution is -0.126. The van der Waals surface area contributed by atoms with E-state index in [0.29, 0.717) is 18.0 Å². The van der Waals surface area contributed by atoms with Crippen LogP contribution in [0.1, 0.15) is 39.0 Å². The third-order valence-electron chi connectivity index (χ3n) is 4.22. The van der Waals surface area contributed by atoms with Gasteiger partial charge in [-0.1, -0.05) is 38.0 Å². The third-order valence-corrected chi connectivity index (χ3v) is 6.09. The van der Waals surface area contributed by atoms with E-state index in [1.807, 2.05) is 0 Å².